The van der Waals surface area contributed by atoms with E-state index in [4.69, 9.17) is 10.8 Å². The van der Waals surface area contributed by atoms with Gasteiger partial charge in [-0.1, -0.05) is 0 Å². The van der Waals surface area contributed by atoms with E-state index in [1.54, 1.807) is 0 Å². The maximum absolute atomic E-state index is 12.3. The van der Waals surface area contributed by atoms with Gasteiger partial charge in [-0.25, -0.2) is 4.79 Å². The maximum Gasteiger partial charge on any atom is 0.327 e. The Kier molecular flexibility index (Phi) is 4.70. The van der Waals surface area contributed by atoms with E-state index in [9.17, 15) is 9.59 Å². The highest BCUT2D eigenvalue weighted by molar-refractivity contribution is 8.00. The van der Waals surface area contributed by atoms with Crippen LogP contribution in [0.25, 0.3) is 0 Å². The quantitative estimate of drug-likeness (QED) is 0.746. The Hall–Kier alpha value is -0.790. The molecular formula is C12H21N3O3S. The molecule has 0 saturated carbocycles. The molecule has 1 amide bonds. The average Bonchev–Trinajstić information content (AvgIpc) is 2.74. The lowest BCUT2D eigenvalue weighted by atomic mass is 10.1. The monoisotopic (exact) mass is 287 g/mol. The van der Waals surface area contributed by atoms with Gasteiger partial charge in [-0.3, -0.25) is 9.69 Å². The molecule has 6 nitrogen and oxygen atoms in total. The first kappa shape index (κ1) is 14.6. The first-order chi connectivity index (χ1) is 8.99. The molecule has 2 atom stereocenters. The topological polar surface area (TPSA) is 86.9 Å². The largest absolute Gasteiger partial charge is 0.480 e. The summed E-state index contributed by atoms with van der Waals surface area (Å²) in [4.78, 5) is 27.0. The van der Waals surface area contributed by atoms with Crippen LogP contribution in [0.15, 0.2) is 0 Å². The molecule has 0 spiro atoms. The Morgan fingerprint density at radius 1 is 1.37 bits per heavy atom. The molecule has 2 rings (SSSR count). The number of likely N-dealkylation sites (tertiary alicyclic amines) is 1. The van der Waals surface area contributed by atoms with E-state index >= 15 is 0 Å². The number of aliphatic carboxylic acids is 1. The summed E-state index contributed by atoms with van der Waals surface area (Å²) in [5, 5.41) is 9.10. The molecule has 2 aliphatic rings. The smallest absolute Gasteiger partial charge is 0.327 e. The predicted octanol–water partition coefficient (Wildman–Crippen LogP) is -0.216. The number of carboxylic acid groups (broad SMARTS) is 1. The van der Waals surface area contributed by atoms with Crippen LogP contribution < -0.4 is 5.73 Å². The minimum Gasteiger partial charge on any atom is -0.480 e. The summed E-state index contributed by atoms with van der Waals surface area (Å²) < 4.78 is 0. The van der Waals surface area contributed by atoms with E-state index in [2.05, 4.69) is 4.90 Å². The second kappa shape index (κ2) is 6.11. The molecular weight excluding hydrogens is 266 g/mol. The number of carbonyl (C=O) groups is 2. The molecule has 0 radical (unpaired) electrons. The fraction of sp³-hybridized carbons (Fsp3) is 0.833. The zero-order chi connectivity index (χ0) is 14.0. The van der Waals surface area contributed by atoms with Crippen LogP contribution in [0.4, 0.5) is 0 Å². The summed E-state index contributed by atoms with van der Waals surface area (Å²) >= 11 is 1.52. The van der Waals surface area contributed by atoms with Crippen molar-refractivity contribution in [2.24, 2.45) is 5.73 Å². The molecule has 0 bridgehead atoms. The summed E-state index contributed by atoms with van der Waals surface area (Å²) in [5.41, 5.74) is 5.83. The van der Waals surface area contributed by atoms with Crippen molar-refractivity contribution in [3.63, 3.8) is 0 Å². The third-order valence-corrected chi connectivity index (χ3v) is 5.00. The normalized spacial score (nSPS) is 29.7. The highest BCUT2D eigenvalue weighted by Crippen LogP contribution is 2.29. The summed E-state index contributed by atoms with van der Waals surface area (Å²) in [6.45, 7) is 3.83. The molecule has 19 heavy (non-hydrogen) atoms. The number of rotatable bonds is 3. The molecule has 7 heteroatoms. The fourth-order valence-corrected chi connectivity index (χ4v) is 3.78. The highest BCUT2D eigenvalue weighted by Gasteiger charge is 2.39. The van der Waals surface area contributed by atoms with Gasteiger partial charge in [0.25, 0.3) is 0 Å². The lowest BCUT2D eigenvalue weighted by molar-refractivity contribution is -0.149. The second-order valence-electron chi connectivity index (χ2n) is 5.20. The van der Waals surface area contributed by atoms with Crippen LogP contribution in [0.1, 0.15) is 19.8 Å². The zero-order valence-electron chi connectivity index (χ0n) is 11.1. The Bertz CT molecular complexity index is 358. The van der Waals surface area contributed by atoms with Crippen molar-refractivity contribution < 1.29 is 14.7 Å². The van der Waals surface area contributed by atoms with Gasteiger partial charge in [-0.2, -0.15) is 0 Å². The van der Waals surface area contributed by atoms with Crippen molar-refractivity contribution in [2.45, 2.75) is 37.2 Å². The predicted molar refractivity (Wildman–Crippen MR) is 73.8 cm³/mol. The van der Waals surface area contributed by atoms with Crippen molar-refractivity contribution in [2.75, 3.05) is 25.4 Å². The number of piperidine rings is 1. The van der Waals surface area contributed by atoms with Gasteiger partial charge in [0.1, 0.15) is 6.04 Å². The number of nitrogens with two attached hydrogens (primary N) is 1. The van der Waals surface area contributed by atoms with Crippen LogP contribution >= 0.6 is 11.8 Å². The molecule has 2 heterocycles. The lowest BCUT2D eigenvalue weighted by Gasteiger charge is -2.32. The molecule has 108 valence electrons. The van der Waals surface area contributed by atoms with Gasteiger partial charge in [0.05, 0.1) is 11.9 Å². The van der Waals surface area contributed by atoms with Crippen molar-refractivity contribution in [1.82, 2.24) is 9.80 Å². The van der Waals surface area contributed by atoms with Gasteiger partial charge in [-0.05, 0) is 19.8 Å². The van der Waals surface area contributed by atoms with Gasteiger partial charge in [0.2, 0.25) is 5.91 Å². The number of thioether (sulfide) groups is 1. The molecule has 0 aromatic carbocycles. The fourth-order valence-electron chi connectivity index (χ4n) is 2.60. The number of hydrogen-bond donors (Lipinski definition) is 2. The molecule has 0 aliphatic carbocycles. The van der Waals surface area contributed by atoms with Crippen LogP contribution in [0.2, 0.25) is 0 Å². The minimum absolute atomic E-state index is 0.0550. The van der Waals surface area contributed by atoms with Crippen molar-refractivity contribution in [3.05, 3.63) is 0 Å². The Labute approximate surface area is 117 Å². The SMILES string of the molecule is CC1SCC(C(=O)O)N1C(=O)CN1CCC(N)CC1. The summed E-state index contributed by atoms with van der Waals surface area (Å²) in [6.07, 6.45) is 1.81. The van der Waals surface area contributed by atoms with Crippen LogP contribution in [0.3, 0.4) is 0 Å². The van der Waals surface area contributed by atoms with Gasteiger partial charge in [0.15, 0.2) is 0 Å². The summed E-state index contributed by atoms with van der Waals surface area (Å²) in [6, 6.07) is -0.445. The Morgan fingerprint density at radius 3 is 2.58 bits per heavy atom. The first-order valence-corrected chi connectivity index (χ1v) is 7.67. The average molecular weight is 287 g/mol. The van der Waals surface area contributed by atoms with E-state index in [1.165, 1.54) is 16.7 Å². The Morgan fingerprint density at radius 2 is 2.00 bits per heavy atom. The number of nitrogens with zero attached hydrogens (tertiary/aromatic N) is 2. The summed E-state index contributed by atoms with van der Waals surface area (Å²) in [7, 11) is 0. The summed E-state index contributed by atoms with van der Waals surface area (Å²) in [5.74, 6) is -0.515. The van der Waals surface area contributed by atoms with E-state index in [-0.39, 0.29) is 17.3 Å². The van der Waals surface area contributed by atoms with Crippen LogP contribution in [0, 0.1) is 0 Å². The first-order valence-electron chi connectivity index (χ1n) is 6.62. The van der Waals surface area contributed by atoms with Crippen molar-refractivity contribution in [3.8, 4) is 0 Å². The third kappa shape index (κ3) is 3.40. The number of amides is 1. The second-order valence-corrected chi connectivity index (χ2v) is 6.55. The van der Waals surface area contributed by atoms with Crippen LogP contribution in [-0.4, -0.2) is 69.6 Å². The van der Waals surface area contributed by atoms with Crippen molar-refractivity contribution >= 4 is 23.6 Å². The molecule has 0 aromatic rings. The number of hydrogen-bond acceptors (Lipinski definition) is 5. The Balaban J connectivity index is 1.93. The van der Waals surface area contributed by atoms with E-state index in [0.29, 0.717) is 12.3 Å². The molecule has 2 fully saturated rings. The van der Waals surface area contributed by atoms with Crippen LogP contribution in [0.5, 0.6) is 0 Å². The third-order valence-electron chi connectivity index (χ3n) is 3.79. The number of carboxylic acids is 1. The highest BCUT2D eigenvalue weighted by atomic mass is 32.2. The van der Waals surface area contributed by atoms with E-state index in [1.807, 2.05) is 6.92 Å². The molecule has 0 aromatic heterocycles. The van der Waals surface area contributed by atoms with Crippen LogP contribution in [-0.2, 0) is 9.59 Å². The minimum atomic E-state index is -0.911. The molecule has 2 aliphatic heterocycles. The zero-order valence-corrected chi connectivity index (χ0v) is 11.9. The van der Waals surface area contributed by atoms with E-state index in [0.717, 1.165) is 25.9 Å². The lowest BCUT2D eigenvalue weighted by Crippen LogP contribution is -2.50. The van der Waals surface area contributed by atoms with Gasteiger partial charge in [-0.15, -0.1) is 11.8 Å². The van der Waals surface area contributed by atoms with Gasteiger partial charge >= 0.3 is 5.97 Å². The van der Waals surface area contributed by atoms with E-state index < -0.39 is 12.0 Å². The molecule has 2 unspecified atom stereocenters. The van der Waals surface area contributed by atoms with Crippen molar-refractivity contribution in [1.29, 1.82) is 0 Å². The number of carbonyl (C=O) groups excluding carboxylic acids is 1. The molecule has 2 saturated heterocycles. The maximum atomic E-state index is 12.3. The van der Waals surface area contributed by atoms with Gasteiger partial charge < -0.3 is 15.7 Å². The van der Waals surface area contributed by atoms with Gasteiger partial charge in [0, 0.05) is 24.9 Å². The molecule has 3 N–H and O–H groups in total. The standard InChI is InChI=1S/C12H21N3O3S/c1-8-15(10(7-19-8)12(17)18)11(16)6-14-4-2-9(13)3-5-14/h8-10H,2-7,13H2,1H3,(H,17,18).